The molecule has 0 aliphatic heterocycles. The van der Waals surface area contributed by atoms with E-state index in [0.717, 1.165) is 51.4 Å². The van der Waals surface area contributed by atoms with Crippen LogP contribution < -0.4 is 0 Å². The zero-order valence-corrected chi connectivity index (χ0v) is 19.6. The van der Waals surface area contributed by atoms with Crippen LogP contribution >= 0.6 is 0 Å². The van der Waals surface area contributed by atoms with E-state index in [1.165, 1.54) is 0 Å². The summed E-state index contributed by atoms with van der Waals surface area (Å²) >= 11 is 0. The molecule has 0 radical (unpaired) electrons. The van der Waals surface area contributed by atoms with Crippen LogP contribution in [0.1, 0.15) is 92.9 Å². The Morgan fingerprint density at radius 2 is 0.900 bits per heavy atom. The average Bonchev–Trinajstić information content (AvgIpc) is 2.63. The number of ether oxygens (including phenoxy) is 2. The first kappa shape index (κ1) is 25.1. The van der Waals surface area contributed by atoms with Gasteiger partial charge < -0.3 is 19.7 Å². The number of hydrogen-bond donors (Lipinski definition) is 2. The molecule has 6 heteroatoms. The highest BCUT2D eigenvalue weighted by Gasteiger charge is 2.41. The molecule has 6 nitrogen and oxygen atoms in total. The minimum Gasteiger partial charge on any atom is -0.479 e. The summed E-state index contributed by atoms with van der Waals surface area (Å²) < 4.78 is 11.7. The van der Waals surface area contributed by atoms with E-state index in [1.54, 1.807) is 0 Å². The number of aliphatic carboxylic acids is 2. The minimum absolute atomic E-state index is 0.218. The lowest BCUT2D eigenvalue weighted by molar-refractivity contribution is -0.192. The Kier molecular flexibility index (Phi) is 8.36. The van der Waals surface area contributed by atoms with Crippen molar-refractivity contribution in [2.45, 2.75) is 117 Å². The Morgan fingerprint density at radius 1 is 0.633 bits per heavy atom. The lowest BCUT2D eigenvalue weighted by Crippen LogP contribution is -2.48. The van der Waals surface area contributed by atoms with Gasteiger partial charge in [-0.15, -0.1) is 0 Å². The fourth-order valence-corrected chi connectivity index (χ4v) is 5.06. The normalized spacial score (nSPS) is 30.5. The monoisotopic (exact) mass is 426 g/mol. The molecular formula is C24H42O6. The van der Waals surface area contributed by atoms with E-state index in [4.69, 9.17) is 9.47 Å². The molecule has 0 aromatic heterocycles. The number of rotatable bonds is 7. The molecule has 0 bridgehead atoms. The van der Waals surface area contributed by atoms with Crippen LogP contribution in [0.2, 0.25) is 0 Å². The topological polar surface area (TPSA) is 93.1 Å². The van der Waals surface area contributed by atoms with E-state index in [9.17, 15) is 19.8 Å². The first-order chi connectivity index (χ1) is 13.8. The molecule has 2 saturated carbocycles. The fourth-order valence-electron chi connectivity index (χ4n) is 5.06. The Bertz CT molecular complexity index is 519. The quantitative estimate of drug-likeness (QED) is 0.586. The van der Waals surface area contributed by atoms with Crippen molar-refractivity contribution in [2.24, 2.45) is 22.7 Å². The highest BCUT2D eigenvalue weighted by Crippen LogP contribution is 2.40. The molecule has 0 heterocycles. The third kappa shape index (κ3) is 6.94. The Hall–Kier alpha value is -1.14. The lowest BCUT2D eigenvalue weighted by atomic mass is 9.72. The smallest absolute Gasteiger partial charge is 0.336 e. The van der Waals surface area contributed by atoms with Crippen LogP contribution in [0.3, 0.4) is 0 Å². The second-order valence-electron chi connectivity index (χ2n) is 11.5. The Labute approximate surface area is 181 Å². The third-order valence-electron chi connectivity index (χ3n) is 7.24. The molecule has 174 valence electrons. The average molecular weight is 427 g/mol. The summed E-state index contributed by atoms with van der Waals surface area (Å²) in [6.07, 6.45) is 3.50. The van der Waals surface area contributed by atoms with Crippen molar-refractivity contribution >= 4 is 11.9 Å². The van der Waals surface area contributed by atoms with Gasteiger partial charge in [-0.3, -0.25) is 0 Å². The standard InChI is InChI=1S/C24H42O6/c1-23(2,3)15-7-11-17(12-8-15)29-19(21(25)26)20(22(27)28)30-18-13-9-16(10-14-18)24(4,5)6/h15-20H,7-14H2,1-6H3,(H,25,26)(H,27,28)/t15?,16?,17?,18?,19-,20-/m1/s1. The van der Waals surface area contributed by atoms with Gasteiger partial charge in [0.1, 0.15) is 0 Å². The van der Waals surface area contributed by atoms with Crippen molar-refractivity contribution < 1.29 is 29.3 Å². The molecular weight excluding hydrogens is 384 g/mol. The summed E-state index contributed by atoms with van der Waals surface area (Å²) in [7, 11) is 0. The molecule has 30 heavy (non-hydrogen) atoms. The Morgan fingerprint density at radius 3 is 1.10 bits per heavy atom. The maximum Gasteiger partial charge on any atom is 0.336 e. The first-order valence-electron chi connectivity index (χ1n) is 11.6. The van der Waals surface area contributed by atoms with E-state index < -0.39 is 24.1 Å². The minimum atomic E-state index is -1.47. The number of carbonyl (C=O) groups is 2. The molecule has 0 amide bonds. The van der Waals surface area contributed by atoms with E-state index in [2.05, 4.69) is 41.5 Å². The largest absolute Gasteiger partial charge is 0.479 e. The molecule has 0 spiro atoms. The number of carboxylic acids is 2. The highest BCUT2D eigenvalue weighted by atomic mass is 16.6. The van der Waals surface area contributed by atoms with Gasteiger partial charge >= 0.3 is 11.9 Å². The van der Waals surface area contributed by atoms with Crippen molar-refractivity contribution in [3.05, 3.63) is 0 Å². The van der Waals surface area contributed by atoms with E-state index >= 15 is 0 Å². The molecule has 2 fully saturated rings. The Balaban J connectivity index is 1.96. The van der Waals surface area contributed by atoms with Gasteiger partial charge in [0.15, 0.2) is 12.2 Å². The van der Waals surface area contributed by atoms with Gasteiger partial charge in [-0.25, -0.2) is 9.59 Å². The van der Waals surface area contributed by atoms with Crippen molar-refractivity contribution in [3.63, 3.8) is 0 Å². The van der Waals surface area contributed by atoms with Crippen LogP contribution in [0.25, 0.3) is 0 Å². The highest BCUT2D eigenvalue weighted by molar-refractivity contribution is 5.83. The lowest BCUT2D eigenvalue weighted by Gasteiger charge is -2.39. The van der Waals surface area contributed by atoms with Gasteiger partial charge in [0.05, 0.1) is 12.2 Å². The zero-order valence-electron chi connectivity index (χ0n) is 19.6. The second kappa shape index (κ2) is 9.99. The first-order valence-corrected chi connectivity index (χ1v) is 11.6. The maximum atomic E-state index is 11.9. The van der Waals surface area contributed by atoms with Crippen LogP contribution in [0.15, 0.2) is 0 Å². The summed E-state index contributed by atoms with van der Waals surface area (Å²) in [5, 5.41) is 19.4. The van der Waals surface area contributed by atoms with Gasteiger partial charge in [-0.1, -0.05) is 41.5 Å². The van der Waals surface area contributed by atoms with Crippen LogP contribution in [-0.2, 0) is 19.1 Å². The number of hydrogen-bond acceptors (Lipinski definition) is 4. The van der Waals surface area contributed by atoms with Gasteiger partial charge in [0, 0.05) is 0 Å². The van der Waals surface area contributed by atoms with Crippen LogP contribution in [-0.4, -0.2) is 46.6 Å². The summed E-state index contributed by atoms with van der Waals surface area (Å²) in [5.41, 5.74) is 0.436. The van der Waals surface area contributed by atoms with E-state index in [1.807, 2.05) is 0 Å². The summed E-state index contributed by atoms with van der Waals surface area (Å²) in [4.78, 5) is 23.8. The molecule has 0 saturated heterocycles. The molecule has 2 rings (SSSR count). The van der Waals surface area contributed by atoms with Gasteiger partial charge in [-0.2, -0.15) is 0 Å². The van der Waals surface area contributed by atoms with E-state index in [0.29, 0.717) is 11.8 Å². The van der Waals surface area contributed by atoms with Gasteiger partial charge in [-0.05, 0) is 74.0 Å². The predicted octanol–water partition coefficient (Wildman–Crippen LogP) is 5.14. The molecule has 2 atom stereocenters. The predicted molar refractivity (Wildman–Crippen MR) is 115 cm³/mol. The van der Waals surface area contributed by atoms with Crippen LogP contribution in [0.4, 0.5) is 0 Å². The molecule has 2 N–H and O–H groups in total. The fraction of sp³-hybridized carbons (Fsp3) is 0.917. The summed E-state index contributed by atoms with van der Waals surface area (Å²) in [6.45, 7) is 13.3. The molecule has 2 aliphatic carbocycles. The second-order valence-corrected chi connectivity index (χ2v) is 11.5. The third-order valence-corrected chi connectivity index (χ3v) is 7.24. The number of carboxylic acid groups (broad SMARTS) is 2. The van der Waals surface area contributed by atoms with Gasteiger partial charge in [0.2, 0.25) is 0 Å². The molecule has 0 aromatic carbocycles. The van der Waals surface area contributed by atoms with Crippen molar-refractivity contribution in [3.8, 4) is 0 Å². The van der Waals surface area contributed by atoms with Crippen molar-refractivity contribution in [1.29, 1.82) is 0 Å². The van der Waals surface area contributed by atoms with Crippen molar-refractivity contribution in [2.75, 3.05) is 0 Å². The van der Waals surface area contributed by atoms with E-state index in [-0.39, 0.29) is 23.0 Å². The zero-order chi connectivity index (χ0) is 22.7. The molecule has 0 aromatic rings. The SMILES string of the molecule is CC(C)(C)C1CCC(O[C@@H](C(=O)O)[C@@H](OC2CCC(C(C)(C)C)CC2)C(=O)O)CC1. The molecule has 2 aliphatic rings. The van der Waals surface area contributed by atoms with Crippen LogP contribution in [0, 0.1) is 22.7 Å². The molecule has 0 unspecified atom stereocenters. The van der Waals surface area contributed by atoms with Crippen LogP contribution in [0.5, 0.6) is 0 Å². The van der Waals surface area contributed by atoms with Crippen molar-refractivity contribution in [1.82, 2.24) is 0 Å². The summed E-state index contributed by atoms with van der Waals surface area (Å²) in [6, 6.07) is 0. The summed E-state index contributed by atoms with van der Waals surface area (Å²) in [5.74, 6) is -1.37. The maximum absolute atomic E-state index is 11.9. The van der Waals surface area contributed by atoms with Gasteiger partial charge in [0.25, 0.3) is 0 Å².